The first kappa shape index (κ1) is 28.8. The fourth-order valence-electron chi connectivity index (χ4n) is 6.06. The molecule has 0 saturated carbocycles. The summed E-state index contributed by atoms with van der Waals surface area (Å²) >= 11 is 0. The normalized spacial score (nSPS) is 20.7. The number of nitriles is 1. The zero-order chi connectivity index (χ0) is 30.3. The highest BCUT2D eigenvalue weighted by Gasteiger charge is 2.56. The number of nitrogens with one attached hydrogen (secondary N) is 2. The molecular weight excluding hydrogens is 541 g/mol. The van der Waals surface area contributed by atoms with Gasteiger partial charge >= 0.3 is 0 Å². The SMILES string of the molecule is CC(C)C[C@@H](C(=O)N1C[C@]2(C[C@H]1C#N)C(=O)Nc1ccccc12)N(C)C(=O)[C@H](C)NC(=O)c1c(F)ccc2ccoc12. The van der Waals surface area contributed by atoms with Gasteiger partial charge in [0.05, 0.1) is 17.7 Å². The number of carbonyl (C=O) groups is 4. The van der Waals surface area contributed by atoms with E-state index in [-0.39, 0.29) is 42.4 Å². The van der Waals surface area contributed by atoms with Crippen LogP contribution in [0.1, 0.15) is 49.5 Å². The number of anilines is 1. The summed E-state index contributed by atoms with van der Waals surface area (Å²) in [4.78, 5) is 56.5. The molecule has 2 aliphatic rings. The summed E-state index contributed by atoms with van der Waals surface area (Å²) in [5.41, 5.74) is 0.0900. The van der Waals surface area contributed by atoms with Gasteiger partial charge in [0.25, 0.3) is 5.91 Å². The minimum absolute atomic E-state index is 0.00223. The predicted molar refractivity (Wildman–Crippen MR) is 152 cm³/mol. The van der Waals surface area contributed by atoms with E-state index < -0.39 is 47.1 Å². The lowest BCUT2D eigenvalue weighted by Gasteiger charge is -2.34. The summed E-state index contributed by atoms with van der Waals surface area (Å²) in [6.45, 7) is 5.27. The van der Waals surface area contributed by atoms with Crippen LogP contribution in [0.25, 0.3) is 11.0 Å². The van der Waals surface area contributed by atoms with E-state index in [1.54, 1.807) is 18.2 Å². The van der Waals surface area contributed by atoms with Crippen LogP contribution in [0.3, 0.4) is 0 Å². The second-order valence-electron chi connectivity index (χ2n) is 11.4. The molecule has 3 heterocycles. The van der Waals surface area contributed by atoms with Crippen LogP contribution in [-0.2, 0) is 19.8 Å². The molecule has 4 amide bonds. The van der Waals surface area contributed by atoms with Gasteiger partial charge in [-0.2, -0.15) is 5.26 Å². The van der Waals surface area contributed by atoms with Crippen LogP contribution >= 0.6 is 0 Å². The van der Waals surface area contributed by atoms with Gasteiger partial charge in [0.15, 0.2) is 0 Å². The molecule has 1 aromatic heterocycles. The van der Waals surface area contributed by atoms with Crippen molar-refractivity contribution >= 4 is 40.3 Å². The number of likely N-dealkylation sites (tertiary alicyclic amines) is 1. The standard InChI is InChI=1S/C31H32FN5O5/c1-17(2)13-24(29(40)37-16-31(14-20(37)15-33)21-7-5-6-8-23(21)35-30(31)41)36(4)28(39)18(3)34-27(38)25-22(32)10-9-19-11-12-42-26(19)25/h5-12,17-18,20,24H,13-14,16H2,1-4H3,(H,34,38)(H,35,41)/t18-,20-,24-,31-/m0/s1. The van der Waals surface area contributed by atoms with Gasteiger partial charge in [0, 0.05) is 31.1 Å². The number of furan rings is 1. The topological polar surface area (TPSA) is 136 Å². The first-order chi connectivity index (χ1) is 20.0. The maximum absolute atomic E-state index is 14.6. The molecule has 1 spiro atoms. The third-order valence-corrected chi connectivity index (χ3v) is 8.23. The average Bonchev–Trinajstić information content (AvgIpc) is 3.66. The van der Waals surface area contributed by atoms with Gasteiger partial charge in [0.2, 0.25) is 17.7 Å². The maximum atomic E-state index is 14.6. The second-order valence-corrected chi connectivity index (χ2v) is 11.4. The summed E-state index contributed by atoms with van der Waals surface area (Å²) in [5.74, 6) is -2.91. The lowest BCUT2D eigenvalue weighted by Crippen LogP contribution is -2.55. The zero-order valence-electron chi connectivity index (χ0n) is 23.8. The molecule has 1 saturated heterocycles. The fourth-order valence-corrected chi connectivity index (χ4v) is 6.06. The van der Waals surface area contributed by atoms with Gasteiger partial charge in [-0.1, -0.05) is 32.0 Å². The molecule has 218 valence electrons. The number of hydrogen-bond acceptors (Lipinski definition) is 6. The summed E-state index contributed by atoms with van der Waals surface area (Å²) in [5, 5.41) is 16.0. The van der Waals surface area contributed by atoms with Crippen LogP contribution in [-0.4, -0.2) is 65.1 Å². The minimum atomic E-state index is -1.11. The highest BCUT2D eigenvalue weighted by molar-refractivity contribution is 6.08. The van der Waals surface area contributed by atoms with Crippen molar-refractivity contribution in [3.63, 3.8) is 0 Å². The number of para-hydroxylation sites is 1. The van der Waals surface area contributed by atoms with E-state index in [2.05, 4.69) is 16.7 Å². The Morgan fingerprint density at radius 1 is 1.21 bits per heavy atom. The van der Waals surface area contributed by atoms with Crippen LogP contribution < -0.4 is 10.6 Å². The molecule has 2 N–H and O–H groups in total. The molecule has 4 atom stereocenters. The monoisotopic (exact) mass is 573 g/mol. The molecule has 2 aromatic carbocycles. The van der Waals surface area contributed by atoms with Crippen molar-refractivity contribution in [3.05, 3.63) is 65.7 Å². The Hall–Kier alpha value is -4.72. The number of halogens is 1. The Morgan fingerprint density at radius 2 is 1.95 bits per heavy atom. The number of carbonyl (C=O) groups excluding carboxylic acids is 4. The summed E-state index contributed by atoms with van der Waals surface area (Å²) < 4.78 is 19.9. The molecule has 0 unspecified atom stereocenters. The van der Waals surface area contributed by atoms with Gasteiger partial charge in [-0.3, -0.25) is 19.2 Å². The number of benzene rings is 2. The van der Waals surface area contributed by atoms with Gasteiger partial charge in [-0.05, 0) is 49.1 Å². The van der Waals surface area contributed by atoms with Gasteiger partial charge in [-0.25, -0.2) is 4.39 Å². The van der Waals surface area contributed by atoms with E-state index in [4.69, 9.17) is 4.42 Å². The third-order valence-electron chi connectivity index (χ3n) is 8.23. The highest BCUT2D eigenvalue weighted by atomic mass is 19.1. The van der Waals surface area contributed by atoms with Crippen LogP contribution in [0.5, 0.6) is 0 Å². The van der Waals surface area contributed by atoms with Crippen LogP contribution in [0, 0.1) is 23.1 Å². The van der Waals surface area contributed by atoms with E-state index in [0.717, 1.165) is 11.6 Å². The molecule has 0 radical (unpaired) electrons. The van der Waals surface area contributed by atoms with Crippen molar-refractivity contribution < 1.29 is 28.0 Å². The third kappa shape index (κ3) is 4.76. The number of amides is 4. The number of fused-ring (bicyclic) bond motifs is 3. The van der Waals surface area contributed by atoms with Crippen LogP contribution in [0.15, 0.2) is 53.1 Å². The summed E-state index contributed by atoms with van der Waals surface area (Å²) in [7, 11) is 1.47. The highest BCUT2D eigenvalue weighted by Crippen LogP contribution is 2.46. The number of nitrogens with zero attached hydrogens (tertiary/aromatic N) is 3. The van der Waals surface area contributed by atoms with Crippen LogP contribution in [0.2, 0.25) is 0 Å². The number of likely N-dealkylation sites (N-methyl/N-ethyl adjacent to an activating group) is 1. The molecule has 2 aliphatic heterocycles. The first-order valence-electron chi connectivity index (χ1n) is 13.8. The van der Waals surface area contributed by atoms with E-state index >= 15 is 0 Å². The lowest BCUT2D eigenvalue weighted by atomic mass is 9.80. The smallest absolute Gasteiger partial charge is 0.258 e. The van der Waals surface area contributed by atoms with Crippen molar-refractivity contribution in [1.29, 1.82) is 5.26 Å². The molecular formula is C31H32FN5O5. The number of rotatable bonds is 7. The maximum Gasteiger partial charge on any atom is 0.258 e. The Morgan fingerprint density at radius 3 is 2.67 bits per heavy atom. The van der Waals surface area contributed by atoms with Gasteiger partial charge in [-0.15, -0.1) is 0 Å². The Bertz CT molecular complexity index is 1630. The molecule has 11 heteroatoms. The van der Waals surface area contributed by atoms with E-state index in [0.29, 0.717) is 11.1 Å². The van der Waals surface area contributed by atoms with E-state index in [1.165, 1.54) is 36.1 Å². The minimum Gasteiger partial charge on any atom is -0.463 e. The van der Waals surface area contributed by atoms with Crippen molar-refractivity contribution in [2.45, 2.75) is 57.2 Å². The van der Waals surface area contributed by atoms with Crippen molar-refractivity contribution in [2.24, 2.45) is 5.92 Å². The Kier molecular flexibility index (Phi) is 7.49. The molecule has 42 heavy (non-hydrogen) atoms. The number of hydrogen-bond donors (Lipinski definition) is 2. The largest absolute Gasteiger partial charge is 0.463 e. The van der Waals surface area contributed by atoms with Gasteiger partial charge < -0.3 is 24.9 Å². The molecule has 3 aromatic rings. The lowest BCUT2D eigenvalue weighted by molar-refractivity contribution is -0.146. The van der Waals surface area contributed by atoms with Gasteiger partial charge in [0.1, 0.15) is 35.1 Å². The molecule has 10 nitrogen and oxygen atoms in total. The van der Waals surface area contributed by atoms with E-state index in [9.17, 15) is 28.8 Å². The van der Waals surface area contributed by atoms with Crippen molar-refractivity contribution in [1.82, 2.24) is 15.1 Å². The molecule has 0 aliphatic carbocycles. The fraction of sp³-hybridized carbons (Fsp3) is 0.387. The van der Waals surface area contributed by atoms with Crippen molar-refractivity contribution in [3.8, 4) is 6.07 Å². The first-order valence-corrected chi connectivity index (χ1v) is 13.8. The summed E-state index contributed by atoms with van der Waals surface area (Å²) in [6.07, 6.45) is 1.77. The predicted octanol–water partition coefficient (Wildman–Crippen LogP) is 3.58. The van der Waals surface area contributed by atoms with Crippen molar-refractivity contribution in [2.75, 3.05) is 18.9 Å². The Balaban J connectivity index is 1.37. The quantitative estimate of drug-likeness (QED) is 0.444. The average molecular weight is 574 g/mol. The van der Waals surface area contributed by atoms with E-state index in [1.807, 2.05) is 26.0 Å². The Labute approximate surface area is 242 Å². The second kappa shape index (κ2) is 10.9. The zero-order valence-corrected chi connectivity index (χ0v) is 23.8. The molecule has 1 fully saturated rings. The summed E-state index contributed by atoms with van der Waals surface area (Å²) in [6, 6.07) is 10.7. The van der Waals surface area contributed by atoms with Crippen LogP contribution in [0.4, 0.5) is 10.1 Å². The molecule has 5 rings (SSSR count). The molecule has 0 bridgehead atoms.